The number of amides is 2. The monoisotopic (exact) mass is 260 g/mol. The maximum Gasteiger partial charge on any atom is 0.332 e. The van der Waals surface area contributed by atoms with Crippen molar-refractivity contribution in [2.24, 2.45) is 0 Å². The molecule has 7 nitrogen and oxygen atoms in total. The van der Waals surface area contributed by atoms with Crippen LogP contribution in [-0.2, 0) is 14.3 Å². The van der Waals surface area contributed by atoms with E-state index in [-0.39, 0.29) is 6.61 Å². The average molecular weight is 260 g/mol. The first-order chi connectivity index (χ1) is 8.60. The van der Waals surface area contributed by atoms with Crippen molar-refractivity contribution in [1.29, 1.82) is 0 Å². The van der Waals surface area contributed by atoms with Gasteiger partial charge in [-0.3, -0.25) is 0 Å². The number of carboxylic acids is 1. The number of carboxylic acid groups (broad SMARTS) is 1. The minimum atomic E-state index is -1.28. The molecule has 1 heterocycles. The van der Waals surface area contributed by atoms with Gasteiger partial charge in [0.2, 0.25) is 0 Å². The quantitative estimate of drug-likeness (QED) is 0.558. The van der Waals surface area contributed by atoms with Gasteiger partial charge in [-0.05, 0) is 12.8 Å². The van der Waals surface area contributed by atoms with Gasteiger partial charge >= 0.3 is 12.0 Å². The summed E-state index contributed by atoms with van der Waals surface area (Å²) >= 11 is 0. The van der Waals surface area contributed by atoms with Gasteiger partial charge in [0.1, 0.15) is 0 Å². The Morgan fingerprint density at radius 3 is 2.78 bits per heavy atom. The zero-order valence-corrected chi connectivity index (χ0v) is 10.5. The van der Waals surface area contributed by atoms with Crippen LogP contribution in [0, 0.1) is 0 Å². The molecule has 1 rings (SSSR count). The van der Waals surface area contributed by atoms with Gasteiger partial charge in [0.05, 0.1) is 6.61 Å². The van der Waals surface area contributed by atoms with Gasteiger partial charge in [-0.25, -0.2) is 9.59 Å². The smallest absolute Gasteiger partial charge is 0.332 e. The van der Waals surface area contributed by atoms with Gasteiger partial charge < -0.3 is 25.2 Å². The summed E-state index contributed by atoms with van der Waals surface area (Å²) in [5.41, 5.74) is -1.28. The molecule has 0 saturated carbocycles. The lowest BCUT2D eigenvalue weighted by Crippen LogP contribution is -2.57. The highest BCUT2D eigenvalue weighted by Crippen LogP contribution is 2.18. The molecule has 18 heavy (non-hydrogen) atoms. The number of rotatable bonds is 7. The number of nitrogens with one attached hydrogen (secondary N) is 2. The third-order valence-electron chi connectivity index (χ3n) is 2.84. The molecule has 104 valence electrons. The molecule has 2 amide bonds. The van der Waals surface area contributed by atoms with Crippen molar-refractivity contribution in [3.63, 3.8) is 0 Å². The summed E-state index contributed by atoms with van der Waals surface area (Å²) in [6, 6.07) is -0.472. The van der Waals surface area contributed by atoms with Crippen LogP contribution in [0.3, 0.4) is 0 Å². The molecule has 1 saturated heterocycles. The van der Waals surface area contributed by atoms with Gasteiger partial charge in [-0.1, -0.05) is 0 Å². The zero-order chi connectivity index (χ0) is 13.4. The molecule has 1 fully saturated rings. The summed E-state index contributed by atoms with van der Waals surface area (Å²) in [5.74, 6) is -1.06. The molecule has 1 aliphatic rings. The molecular formula is C11H20N2O5. The van der Waals surface area contributed by atoms with Gasteiger partial charge in [0.25, 0.3) is 0 Å². The fraction of sp³-hybridized carbons (Fsp3) is 0.818. The second kappa shape index (κ2) is 7.17. The molecule has 1 unspecified atom stereocenters. The Labute approximate surface area is 106 Å². The zero-order valence-electron chi connectivity index (χ0n) is 10.5. The predicted octanol–water partition coefficient (Wildman–Crippen LogP) is -0.0441. The summed E-state index contributed by atoms with van der Waals surface area (Å²) in [6.45, 7) is 1.50. The first kappa shape index (κ1) is 14.7. The largest absolute Gasteiger partial charge is 0.479 e. The van der Waals surface area contributed by atoms with Crippen molar-refractivity contribution in [3.05, 3.63) is 0 Å². The lowest BCUT2D eigenvalue weighted by atomic mass is 9.99. The average Bonchev–Trinajstić information content (AvgIpc) is 2.78. The number of aliphatic carboxylic acids is 1. The molecular weight excluding hydrogens is 240 g/mol. The van der Waals surface area contributed by atoms with E-state index in [1.807, 2.05) is 0 Å². The number of urea groups is 1. The first-order valence-electron chi connectivity index (χ1n) is 5.97. The van der Waals surface area contributed by atoms with Crippen LogP contribution in [0.4, 0.5) is 4.79 Å². The van der Waals surface area contributed by atoms with Crippen molar-refractivity contribution in [2.45, 2.75) is 24.8 Å². The van der Waals surface area contributed by atoms with E-state index in [1.165, 1.54) is 0 Å². The number of hydrogen-bond acceptors (Lipinski definition) is 4. The summed E-state index contributed by atoms with van der Waals surface area (Å²) in [7, 11) is 1.62. The molecule has 7 heteroatoms. The highest BCUT2D eigenvalue weighted by Gasteiger charge is 2.43. The summed E-state index contributed by atoms with van der Waals surface area (Å²) in [6.07, 6.45) is 1.93. The third-order valence-corrected chi connectivity index (χ3v) is 2.84. The first-order valence-corrected chi connectivity index (χ1v) is 5.97. The lowest BCUT2D eigenvalue weighted by molar-refractivity contribution is -0.144. The van der Waals surface area contributed by atoms with Crippen molar-refractivity contribution >= 4 is 12.0 Å². The molecule has 0 aromatic carbocycles. The van der Waals surface area contributed by atoms with Crippen molar-refractivity contribution in [2.75, 3.05) is 33.5 Å². The van der Waals surface area contributed by atoms with Crippen LogP contribution in [-0.4, -0.2) is 56.1 Å². The molecule has 1 atom stereocenters. The number of hydrogen-bond donors (Lipinski definition) is 3. The minimum Gasteiger partial charge on any atom is -0.479 e. The Kier molecular flexibility index (Phi) is 5.87. The molecule has 0 aromatic rings. The summed E-state index contributed by atoms with van der Waals surface area (Å²) < 4.78 is 9.92. The molecule has 0 radical (unpaired) electrons. The van der Waals surface area contributed by atoms with E-state index >= 15 is 0 Å². The van der Waals surface area contributed by atoms with Gasteiger partial charge in [0.15, 0.2) is 5.54 Å². The van der Waals surface area contributed by atoms with Crippen LogP contribution in [0.25, 0.3) is 0 Å². The maximum absolute atomic E-state index is 11.6. The second-order valence-corrected chi connectivity index (χ2v) is 4.27. The Morgan fingerprint density at radius 1 is 1.44 bits per heavy atom. The fourth-order valence-electron chi connectivity index (χ4n) is 1.72. The Bertz CT molecular complexity index is 289. The highest BCUT2D eigenvalue weighted by molar-refractivity contribution is 5.86. The summed E-state index contributed by atoms with van der Waals surface area (Å²) in [4.78, 5) is 22.7. The molecule has 1 aliphatic heterocycles. The van der Waals surface area contributed by atoms with Crippen LogP contribution in [0.2, 0.25) is 0 Å². The van der Waals surface area contributed by atoms with Crippen molar-refractivity contribution in [3.8, 4) is 0 Å². The standard InChI is InChI=1S/C11H20N2O5/c1-17-6-3-2-5-12-10(16)13-11(9(14)15)4-7-18-8-11/h2-8H2,1H3,(H,14,15)(H2,12,13,16). The second-order valence-electron chi connectivity index (χ2n) is 4.27. The van der Waals surface area contributed by atoms with Crippen LogP contribution in [0.1, 0.15) is 19.3 Å². The van der Waals surface area contributed by atoms with Crippen LogP contribution >= 0.6 is 0 Å². The lowest BCUT2D eigenvalue weighted by Gasteiger charge is -2.23. The Hall–Kier alpha value is -1.34. The SMILES string of the molecule is COCCCCNC(=O)NC1(C(=O)O)CCOC1. The molecule has 0 aromatic heterocycles. The van der Waals surface area contributed by atoms with Gasteiger partial charge in [-0.2, -0.15) is 0 Å². The predicted molar refractivity (Wildman–Crippen MR) is 63.4 cm³/mol. The third kappa shape index (κ3) is 4.15. The van der Waals surface area contributed by atoms with Crippen LogP contribution in [0.5, 0.6) is 0 Å². The molecule has 0 spiro atoms. The van der Waals surface area contributed by atoms with E-state index in [9.17, 15) is 9.59 Å². The number of carbonyl (C=O) groups excluding carboxylic acids is 1. The fourth-order valence-corrected chi connectivity index (χ4v) is 1.72. The maximum atomic E-state index is 11.6. The Balaban J connectivity index is 2.27. The van der Waals surface area contributed by atoms with Gasteiger partial charge in [-0.15, -0.1) is 0 Å². The van der Waals surface area contributed by atoms with E-state index < -0.39 is 17.5 Å². The topological polar surface area (TPSA) is 96.9 Å². The minimum absolute atomic E-state index is 0.0133. The molecule has 0 bridgehead atoms. The van der Waals surface area contributed by atoms with Gasteiger partial charge in [0, 0.05) is 33.3 Å². The van der Waals surface area contributed by atoms with Crippen molar-refractivity contribution in [1.82, 2.24) is 10.6 Å². The normalized spacial score (nSPS) is 22.7. The van der Waals surface area contributed by atoms with E-state index in [2.05, 4.69) is 10.6 Å². The summed E-state index contributed by atoms with van der Waals surface area (Å²) in [5, 5.41) is 14.2. The van der Waals surface area contributed by atoms with Crippen LogP contribution in [0.15, 0.2) is 0 Å². The van der Waals surface area contributed by atoms with Crippen LogP contribution < -0.4 is 10.6 Å². The molecule has 0 aliphatic carbocycles. The number of ether oxygens (including phenoxy) is 2. The van der Waals surface area contributed by atoms with E-state index in [0.29, 0.717) is 26.2 Å². The van der Waals surface area contributed by atoms with E-state index in [4.69, 9.17) is 14.6 Å². The van der Waals surface area contributed by atoms with E-state index in [1.54, 1.807) is 7.11 Å². The number of methoxy groups -OCH3 is 1. The number of carbonyl (C=O) groups is 2. The van der Waals surface area contributed by atoms with Crippen molar-refractivity contribution < 1.29 is 24.2 Å². The molecule has 3 N–H and O–H groups in total. The Morgan fingerprint density at radius 2 is 2.22 bits per heavy atom. The highest BCUT2D eigenvalue weighted by atomic mass is 16.5. The number of unbranched alkanes of at least 4 members (excludes halogenated alkanes) is 1. The van der Waals surface area contributed by atoms with E-state index in [0.717, 1.165) is 12.8 Å².